The van der Waals surface area contributed by atoms with Crippen LogP contribution in [0.25, 0.3) is 0 Å². The monoisotopic (exact) mass is 228 g/mol. The molecule has 0 heterocycles. The Bertz CT molecular complexity index is 253. The van der Waals surface area contributed by atoms with Crippen LogP contribution in [0.15, 0.2) is 0 Å². The van der Waals surface area contributed by atoms with Crippen molar-refractivity contribution in [2.75, 3.05) is 6.01 Å². The molecule has 13 heavy (non-hydrogen) atoms. The molecule has 0 radical (unpaired) electrons. The highest BCUT2D eigenvalue weighted by Crippen LogP contribution is 2.13. The van der Waals surface area contributed by atoms with E-state index in [-0.39, 0.29) is 0 Å². The van der Waals surface area contributed by atoms with Crippen molar-refractivity contribution in [3.05, 3.63) is 0 Å². The molecule has 10 heteroatoms. The third kappa shape index (κ3) is 14.0. The van der Waals surface area contributed by atoms with E-state index < -0.39 is 28.3 Å². The molecule has 2 N–H and O–H groups in total. The van der Waals surface area contributed by atoms with E-state index in [1.54, 1.807) is 0 Å². The average Bonchev–Trinajstić information content (AvgIpc) is 1.85. The Kier molecular flexibility index (Phi) is 5.58. The predicted octanol–water partition coefficient (Wildman–Crippen LogP) is 0.435. The van der Waals surface area contributed by atoms with Crippen LogP contribution in [-0.4, -0.2) is 36.2 Å². The van der Waals surface area contributed by atoms with Gasteiger partial charge in [0, 0.05) is 0 Å². The molecule has 80 valence electrons. The van der Waals surface area contributed by atoms with Crippen molar-refractivity contribution in [3.8, 4) is 0 Å². The van der Waals surface area contributed by atoms with Crippen molar-refractivity contribution in [2.24, 2.45) is 0 Å². The highest BCUT2D eigenvalue weighted by atomic mass is 32.2. The summed E-state index contributed by atoms with van der Waals surface area (Å²) in [6.07, 6.45) is -5.08. The van der Waals surface area contributed by atoms with Gasteiger partial charge in [0.25, 0.3) is 10.1 Å². The summed E-state index contributed by atoms with van der Waals surface area (Å²) in [6.45, 7) is 0. The normalized spacial score (nSPS) is 11.5. The van der Waals surface area contributed by atoms with Gasteiger partial charge in [-0.25, -0.2) is 9.18 Å². The Morgan fingerprint density at radius 3 is 1.46 bits per heavy atom. The van der Waals surface area contributed by atoms with E-state index in [9.17, 15) is 26.0 Å². The van der Waals surface area contributed by atoms with Gasteiger partial charge in [0.2, 0.25) is 6.01 Å². The molecule has 5 nitrogen and oxygen atoms in total. The van der Waals surface area contributed by atoms with Crippen LogP contribution in [-0.2, 0) is 14.9 Å². The summed E-state index contributed by atoms with van der Waals surface area (Å²) in [5.74, 6) is -2.76. The van der Waals surface area contributed by atoms with Crippen molar-refractivity contribution >= 4 is 16.1 Å². The van der Waals surface area contributed by atoms with Crippen molar-refractivity contribution < 1.29 is 40.4 Å². The molecule has 0 unspecified atom stereocenters. The Labute approximate surface area is 69.7 Å². The number of halogens is 4. The van der Waals surface area contributed by atoms with Crippen molar-refractivity contribution in [2.45, 2.75) is 6.18 Å². The third-order valence-electron chi connectivity index (χ3n) is 0.380. The minimum absolute atomic E-state index is 1.70. The summed E-state index contributed by atoms with van der Waals surface area (Å²) in [7, 11) is -4.33. The highest BCUT2D eigenvalue weighted by Gasteiger charge is 2.38. The molecule has 0 saturated heterocycles. The van der Waals surface area contributed by atoms with Crippen LogP contribution in [0.4, 0.5) is 17.6 Å². The largest absolute Gasteiger partial charge is 0.490 e. The first-order valence-electron chi connectivity index (χ1n) is 2.32. The van der Waals surface area contributed by atoms with Gasteiger partial charge in [-0.1, -0.05) is 0 Å². The molecule has 0 atom stereocenters. The molecular weight excluding hydrogens is 224 g/mol. The number of alkyl halides is 4. The first kappa shape index (κ1) is 14.6. The average molecular weight is 228 g/mol. The van der Waals surface area contributed by atoms with E-state index in [4.69, 9.17) is 14.5 Å². The van der Waals surface area contributed by atoms with E-state index in [1.807, 2.05) is 0 Å². The van der Waals surface area contributed by atoms with E-state index in [2.05, 4.69) is 0 Å². The van der Waals surface area contributed by atoms with Crippen LogP contribution < -0.4 is 0 Å². The maximum atomic E-state index is 10.7. The molecule has 0 aromatic heterocycles. The van der Waals surface area contributed by atoms with Gasteiger partial charge in [0.05, 0.1) is 0 Å². The number of carbonyl (C=O) groups is 1. The SMILES string of the molecule is O=C(O)C(F)(F)F.O=S(=O)(O)CF. The standard InChI is InChI=1S/C2HF3O2.CH3FO3S/c3-2(4,5)1(6)7;2-1-6(3,4)5/h(H,6,7);1H2,(H,3,4,5). The van der Waals surface area contributed by atoms with E-state index in [0.717, 1.165) is 0 Å². The lowest BCUT2D eigenvalue weighted by atomic mass is 10.7. The zero-order valence-corrected chi connectivity index (χ0v) is 6.56. The molecular formula is C3H4F4O5S. The maximum absolute atomic E-state index is 10.7. The van der Waals surface area contributed by atoms with Gasteiger partial charge in [-0.05, 0) is 0 Å². The van der Waals surface area contributed by atoms with Crippen molar-refractivity contribution in [1.82, 2.24) is 0 Å². The molecule has 0 aliphatic carbocycles. The number of carboxylic acids is 1. The molecule has 0 amide bonds. The molecule has 0 aromatic carbocycles. The van der Waals surface area contributed by atoms with Gasteiger partial charge in [-0.3, -0.25) is 4.55 Å². The summed E-state index contributed by atoms with van der Waals surface area (Å²) in [6, 6.07) is -1.70. The zero-order chi connectivity index (χ0) is 11.3. The quantitative estimate of drug-likeness (QED) is 0.501. The maximum Gasteiger partial charge on any atom is 0.490 e. The fourth-order valence-electron chi connectivity index (χ4n) is 0. The second kappa shape index (κ2) is 4.97. The lowest BCUT2D eigenvalue weighted by Gasteiger charge is -1.93. The Morgan fingerprint density at radius 2 is 1.46 bits per heavy atom. The van der Waals surface area contributed by atoms with Crippen LogP contribution in [0.5, 0.6) is 0 Å². The summed E-state index contributed by atoms with van der Waals surface area (Å²) in [4.78, 5) is 8.90. The minimum Gasteiger partial charge on any atom is -0.475 e. The second-order valence-electron chi connectivity index (χ2n) is 1.49. The summed E-state index contributed by atoms with van der Waals surface area (Å²) >= 11 is 0. The van der Waals surface area contributed by atoms with Gasteiger partial charge < -0.3 is 5.11 Å². The van der Waals surface area contributed by atoms with Crippen molar-refractivity contribution in [3.63, 3.8) is 0 Å². The van der Waals surface area contributed by atoms with E-state index in [0.29, 0.717) is 0 Å². The zero-order valence-electron chi connectivity index (χ0n) is 5.75. The smallest absolute Gasteiger partial charge is 0.475 e. The highest BCUT2D eigenvalue weighted by molar-refractivity contribution is 7.85. The molecule has 0 bridgehead atoms. The molecule has 0 aliphatic heterocycles. The molecule has 0 aromatic rings. The lowest BCUT2D eigenvalue weighted by molar-refractivity contribution is -0.192. The molecule has 0 aliphatic rings. The Hall–Kier alpha value is -0.900. The Morgan fingerprint density at radius 1 is 1.31 bits per heavy atom. The number of hydrogen-bond acceptors (Lipinski definition) is 3. The molecule has 0 spiro atoms. The van der Waals surface area contributed by atoms with Crippen LogP contribution in [0.2, 0.25) is 0 Å². The van der Waals surface area contributed by atoms with E-state index >= 15 is 0 Å². The molecule has 0 saturated carbocycles. The third-order valence-corrected chi connectivity index (χ3v) is 0.656. The predicted molar refractivity (Wildman–Crippen MR) is 31.2 cm³/mol. The second-order valence-corrected chi connectivity index (χ2v) is 2.88. The first-order valence-corrected chi connectivity index (χ1v) is 3.93. The van der Waals surface area contributed by atoms with Gasteiger partial charge in [-0.15, -0.1) is 0 Å². The Balaban J connectivity index is 0. The topological polar surface area (TPSA) is 91.7 Å². The van der Waals surface area contributed by atoms with Crippen molar-refractivity contribution in [1.29, 1.82) is 0 Å². The summed E-state index contributed by atoms with van der Waals surface area (Å²) < 4.78 is 68.2. The molecule has 0 rings (SSSR count). The van der Waals surface area contributed by atoms with Crippen LogP contribution in [0.3, 0.4) is 0 Å². The van der Waals surface area contributed by atoms with Gasteiger partial charge in [-0.2, -0.15) is 21.6 Å². The molecule has 0 fully saturated rings. The summed E-state index contributed by atoms with van der Waals surface area (Å²) in [5, 5.41) is 7.12. The van der Waals surface area contributed by atoms with Gasteiger partial charge >= 0.3 is 12.1 Å². The number of aliphatic carboxylic acids is 1. The van der Waals surface area contributed by atoms with E-state index in [1.165, 1.54) is 0 Å². The fourth-order valence-corrected chi connectivity index (χ4v) is 0. The first-order chi connectivity index (χ1) is 5.50. The summed E-state index contributed by atoms with van der Waals surface area (Å²) in [5.41, 5.74) is 0. The van der Waals surface area contributed by atoms with Gasteiger partial charge in [0.15, 0.2) is 0 Å². The number of carboxylic acid groups (broad SMARTS) is 1. The van der Waals surface area contributed by atoms with Crippen LogP contribution >= 0.6 is 0 Å². The van der Waals surface area contributed by atoms with Crippen LogP contribution in [0.1, 0.15) is 0 Å². The number of rotatable bonds is 1. The number of hydrogen-bond donors (Lipinski definition) is 2. The lowest BCUT2D eigenvalue weighted by Crippen LogP contribution is -2.21. The fraction of sp³-hybridized carbons (Fsp3) is 0.667. The van der Waals surface area contributed by atoms with Crippen LogP contribution in [0, 0.1) is 0 Å². The van der Waals surface area contributed by atoms with Gasteiger partial charge in [0.1, 0.15) is 0 Å². The minimum atomic E-state index is -5.08.